The Morgan fingerprint density at radius 2 is 2.31 bits per heavy atom. The molecule has 0 radical (unpaired) electrons. The molecule has 0 saturated heterocycles. The van der Waals surface area contributed by atoms with E-state index in [0.29, 0.717) is 6.04 Å². The summed E-state index contributed by atoms with van der Waals surface area (Å²) in [6, 6.07) is 6.72. The number of furan rings is 1. The molecule has 0 amide bonds. The molecule has 1 atom stereocenters. The Hall–Kier alpha value is -1.06. The number of aryl methyl sites for hydroxylation is 1. The molecule has 0 saturated carbocycles. The number of hydrogen-bond donors (Lipinski definition) is 1. The quantitative estimate of drug-likeness (QED) is 0.850. The van der Waals surface area contributed by atoms with Gasteiger partial charge in [-0.15, -0.1) is 11.3 Å². The summed E-state index contributed by atoms with van der Waals surface area (Å²) in [7, 11) is 0. The standard InChI is InChI=1S/C13H17NOS/c1-3-11(13-5-4-8-16-13)14-9-12-10(2)6-7-15-12/h4-8,11,14H,3,9H2,1-2H3. The lowest BCUT2D eigenvalue weighted by Gasteiger charge is -2.14. The van der Waals surface area contributed by atoms with Crippen LogP contribution in [0.3, 0.4) is 0 Å². The van der Waals surface area contributed by atoms with E-state index < -0.39 is 0 Å². The highest BCUT2D eigenvalue weighted by Gasteiger charge is 2.10. The molecule has 2 nitrogen and oxygen atoms in total. The minimum atomic E-state index is 0.435. The normalized spacial score (nSPS) is 12.9. The maximum absolute atomic E-state index is 5.42. The molecule has 2 rings (SSSR count). The van der Waals surface area contributed by atoms with E-state index in [1.165, 1.54) is 10.4 Å². The van der Waals surface area contributed by atoms with Crippen molar-refractivity contribution in [3.8, 4) is 0 Å². The Morgan fingerprint density at radius 1 is 1.44 bits per heavy atom. The molecule has 0 aliphatic carbocycles. The molecule has 0 fully saturated rings. The van der Waals surface area contributed by atoms with Crippen LogP contribution in [0.2, 0.25) is 0 Å². The molecule has 0 aliphatic heterocycles. The zero-order valence-electron chi connectivity index (χ0n) is 9.69. The summed E-state index contributed by atoms with van der Waals surface area (Å²) in [4.78, 5) is 1.40. The van der Waals surface area contributed by atoms with E-state index in [2.05, 4.69) is 36.7 Å². The van der Waals surface area contributed by atoms with Crippen molar-refractivity contribution >= 4 is 11.3 Å². The van der Waals surface area contributed by atoms with Crippen molar-refractivity contribution in [2.45, 2.75) is 32.9 Å². The van der Waals surface area contributed by atoms with Crippen LogP contribution in [0.15, 0.2) is 34.3 Å². The SMILES string of the molecule is CCC(NCc1occc1C)c1cccs1. The number of thiophene rings is 1. The third-order valence-electron chi connectivity index (χ3n) is 2.77. The molecule has 0 aliphatic rings. The first-order valence-corrected chi connectivity index (χ1v) is 6.49. The van der Waals surface area contributed by atoms with Crippen molar-refractivity contribution in [2.75, 3.05) is 0 Å². The summed E-state index contributed by atoms with van der Waals surface area (Å²) >= 11 is 1.80. The molecule has 2 aromatic heterocycles. The van der Waals surface area contributed by atoms with Crippen molar-refractivity contribution in [1.29, 1.82) is 0 Å². The van der Waals surface area contributed by atoms with E-state index in [-0.39, 0.29) is 0 Å². The van der Waals surface area contributed by atoms with Gasteiger partial charge in [0.25, 0.3) is 0 Å². The predicted molar refractivity (Wildman–Crippen MR) is 67.6 cm³/mol. The first kappa shape index (κ1) is 11.4. The molecule has 2 aromatic rings. The first-order chi connectivity index (χ1) is 7.81. The van der Waals surface area contributed by atoms with E-state index in [0.717, 1.165) is 18.7 Å². The van der Waals surface area contributed by atoms with Crippen LogP contribution in [0.25, 0.3) is 0 Å². The topological polar surface area (TPSA) is 25.2 Å². The highest BCUT2D eigenvalue weighted by molar-refractivity contribution is 7.10. The van der Waals surface area contributed by atoms with Crippen LogP contribution >= 0.6 is 11.3 Å². The van der Waals surface area contributed by atoms with E-state index >= 15 is 0 Å². The maximum atomic E-state index is 5.42. The Morgan fingerprint density at radius 3 is 2.88 bits per heavy atom. The maximum Gasteiger partial charge on any atom is 0.120 e. The molecule has 0 spiro atoms. The zero-order chi connectivity index (χ0) is 11.4. The molecule has 1 N–H and O–H groups in total. The third kappa shape index (κ3) is 2.54. The van der Waals surface area contributed by atoms with Crippen LogP contribution in [0.4, 0.5) is 0 Å². The molecule has 0 bridgehead atoms. The van der Waals surface area contributed by atoms with Gasteiger partial charge in [-0.05, 0) is 36.4 Å². The summed E-state index contributed by atoms with van der Waals surface area (Å²) in [5.74, 6) is 1.04. The van der Waals surface area contributed by atoms with Gasteiger partial charge in [0.05, 0.1) is 12.8 Å². The second kappa shape index (κ2) is 5.32. The van der Waals surface area contributed by atoms with Gasteiger partial charge >= 0.3 is 0 Å². The van der Waals surface area contributed by atoms with Crippen LogP contribution in [0, 0.1) is 6.92 Å². The Balaban J connectivity index is 1.96. The van der Waals surface area contributed by atoms with Crippen molar-refractivity contribution in [3.05, 3.63) is 46.0 Å². The average Bonchev–Trinajstić information content (AvgIpc) is 2.92. The van der Waals surface area contributed by atoms with Gasteiger partial charge in [-0.1, -0.05) is 13.0 Å². The minimum absolute atomic E-state index is 0.435. The summed E-state index contributed by atoms with van der Waals surface area (Å²) in [6.07, 6.45) is 2.85. The molecule has 2 heterocycles. The van der Waals surface area contributed by atoms with E-state index in [9.17, 15) is 0 Å². The monoisotopic (exact) mass is 235 g/mol. The fourth-order valence-corrected chi connectivity index (χ4v) is 2.62. The Labute approximate surface area is 100 Å². The molecule has 3 heteroatoms. The van der Waals surface area contributed by atoms with Crippen molar-refractivity contribution < 1.29 is 4.42 Å². The van der Waals surface area contributed by atoms with Crippen LogP contribution < -0.4 is 5.32 Å². The van der Waals surface area contributed by atoms with Gasteiger partial charge in [-0.2, -0.15) is 0 Å². The molecule has 1 unspecified atom stereocenters. The smallest absolute Gasteiger partial charge is 0.120 e. The lowest BCUT2D eigenvalue weighted by Crippen LogP contribution is -2.19. The number of rotatable bonds is 5. The van der Waals surface area contributed by atoms with Crippen molar-refractivity contribution in [1.82, 2.24) is 5.32 Å². The van der Waals surface area contributed by atoms with E-state index in [1.807, 2.05) is 6.07 Å². The second-order valence-corrected chi connectivity index (χ2v) is 4.86. The highest BCUT2D eigenvalue weighted by Crippen LogP contribution is 2.22. The number of hydrogen-bond acceptors (Lipinski definition) is 3. The second-order valence-electron chi connectivity index (χ2n) is 3.88. The van der Waals surface area contributed by atoms with Gasteiger partial charge in [0.15, 0.2) is 0 Å². The lowest BCUT2D eigenvalue weighted by atomic mass is 10.2. The van der Waals surface area contributed by atoms with Crippen LogP contribution in [0.1, 0.15) is 35.6 Å². The Bertz CT molecular complexity index is 419. The van der Waals surface area contributed by atoms with Gasteiger partial charge < -0.3 is 9.73 Å². The summed E-state index contributed by atoms with van der Waals surface area (Å²) < 4.78 is 5.42. The van der Waals surface area contributed by atoms with Gasteiger partial charge in [0.1, 0.15) is 5.76 Å². The summed E-state index contributed by atoms with van der Waals surface area (Å²) in [5, 5.41) is 5.65. The fourth-order valence-electron chi connectivity index (χ4n) is 1.74. The van der Waals surface area contributed by atoms with E-state index in [1.54, 1.807) is 17.6 Å². The summed E-state index contributed by atoms with van der Waals surface area (Å²) in [6.45, 7) is 5.08. The zero-order valence-corrected chi connectivity index (χ0v) is 10.5. The average molecular weight is 235 g/mol. The van der Waals surface area contributed by atoms with Crippen molar-refractivity contribution in [3.63, 3.8) is 0 Å². The minimum Gasteiger partial charge on any atom is -0.468 e. The highest BCUT2D eigenvalue weighted by atomic mass is 32.1. The molecule has 16 heavy (non-hydrogen) atoms. The Kier molecular flexibility index (Phi) is 3.80. The molecular weight excluding hydrogens is 218 g/mol. The van der Waals surface area contributed by atoms with Gasteiger partial charge in [-0.25, -0.2) is 0 Å². The van der Waals surface area contributed by atoms with E-state index in [4.69, 9.17) is 4.42 Å². The predicted octanol–water partition coefficient (Wildman–Crippen LogP) is 3.89. The van der Waals surface area contributed by atoms with Crippen LogP contribution in [-0.4, -0.2) is 0 Å². The first-order valence-electron chi connectivity index (χ1n) is 5.61. The fraction of sp³-hybridized carbons (Fsp3) is 0.385. The van der Waals surface area contributed by atoms with Gasteiger partial charge in [0.2, 0.25) is 0 Å². The van der Waals surface area contributed by atoms with Crippen LogP contribution in [0.5, 0.6) is 0 Å². The molecular formula is C13H17NOS. The lowest BCUT2D eigenvalue weighted by molar-refractivity contribution is 0.444. The molecule has 86 valence electrons. The third-order valence-corrected chi connectivity index (χ3v) is 3.76. The number of nitrogens with one attached hydrogen (secondary N) is 1. The van der Waals surface area contributed by atoms with Gasteiger partial charge in [-0.3, -0.25) is 0 Å². The summed E-state index contributed by atoms with van der Waals surface area (Å²) in [5.41, 5.74) is 1.22. The largest absolute Gasteiger partial charge is 0.468 e. The van der Waals surface area contributed by atoms with Gasteiger partial charge in [0, 0.05) is 10.9 Å². The van der Waals surface area contributed by atoms with Crippen molar-refractivity contribution in [2.24, 2.45) is 0 Å². The van der Waals surface area contributed by atoms with Crippen LogP contribution in [-0.2, 0) is 6.54 Å². The molecule has 0 aromatic carbocycles.